The van der Waals surface area contributed by atoms with Crippen LogP contribution in [-0.4, -0.2) is 8.42 Å². The molecule has 0 spiro atoms. The van der Waals surface area contributed by atoms with Gasteiger partial charge in [-0.1, -0.05) is 29.8 Å². The Morgan fingerprint density at radius 2 is 1.76 bits per heavy atom. The summed E-state index contributed by atoms with van der Waals surface area (Å²) in [6.45, 7) is 1.94. The Kier molecular flexibility index (Phi) is 4.75. The molecule has 0 aliphatic heterocycles. The molecule has 0 unspecified atom stereocenters. The minimum atomic E-state index is -4.09. The fraction of sp³-hybridized carbons (Fsp3) is 0.143. The number of aryl methyl sites for hydroxylation is 1. The lowest BCUT2D eigenvalue weighted by Gasteiger charge is -2.10. The Morgan fingerprint density at radius 3 is 2.33 bits per heavy atom. The molecule has 0 amide bonds. The monoisotopic (exact) mass is 375 g/mol. The van der Waals surface area contributed by atoms with Crippen LogP contribution in [0.4, 0.5) is 8.78 Å². The molecule has 0 atom stereocenters. The summed E-state index contributed by atoms with van der Waals surface area (Å²) in [5.41, 5.74) is 1.79. The molecule has 0 aliphatic carbocycles. The van der Waals surface area contributed by atoms with Crippen LogP contribution in [-0.2, 0) is 16.6 Å². The van der Waals surface area contributed by atoms with Crippen LogP contribution in [0.2, 0.25) is 0 Å². The number of nitrogens with one attached hydrogen (secondary N) is 1. The van der Waals surface area contributed by atoms with Gasteiger partial charge in [0.25, 0.3) is 0 Å². The molecule has 1 N–H and O–H groups in total. The first kappa shape index (κ1) is 16.1. The highest BCUT2D eigenvalue weighted by Crippen LogP contribution is 2.26. The summed E-state index contributed by atoms with van der Waals surface area (Å²) < 4.78 is 53.1. The molecule has 0 heterocycles. The normalized spacial score (nSPS) is 11.6. The predicted octanol–water partition coefficient (Wildman–Crippen LogP) is 3.51. The number of halogens is 3. The van der Waals surface area contributed by atoms with Gasteiger partial charge in [0.2, 0.25) is 10.0 Å². The van der Waals surface area contributed by atoms with E-state index in [1.165, 1.54) is 0 Å². The average molecular weight is 376 g/mol. The van der Waals surface area contributed by atoms with Gasteiger partial charge in [0.05, 0.1) is 0 Å². The third-order valence-electron chi connectivity index (χ3n) is 2.82. The third-order valence-corrected chi connectivity index (χ3v) is 5.18. The van der Waals surface area contributed by atoms with Gasteiger partial charge < -0.3 is 0 Å². The lowest BCUT2D eigenvalue weighted by Crippen LogP contribution is -2.24. The van der Waals surface area contributed by atoms with E-state index >= 15 is 0 Å². The molecule has 0 radical (unpaired) electrons. The van der Waals surface area contributed by atoms with Crippen LogP contribution < -0.4 is 4.72 Å². The summed E-state index contributed by atoms with van der Waals surface area (Å²) >= 11 is 2.87. The van der Waals surface area contributed by atoms with Crippen LogP contribution >= 0.6 is 15.9 Å². The van der Waals surface area contributed by atoms with Crippen molar-refractivity contribution in [3.63, 3.8) is 0 Å². The van der Waals surface area contributed by atoms with E-state index in [1.807, 2.05) is 19.1 Å². The molecular formula is C14H12BrF2NO2S. The number of benzene rings is 2. The number of rotatable bonds is 4. The Balaban J connectivity index is 2.25. The van der Waals surface area contributed by atoms with E-state index < -0.39 is 26.6 Å². The predicted molar refractivity (Wildman–Crippen MR) is 79.3 cm³/mol. The van der Waals surface area contributed by atoms with Gasteiger partial charge in [-0.05, 0) is 34.5 Å². The van der Waals surface area contributed by atoms with Crippen molar-refractivity contribution in [2.75, 3.05) is 0 Å². The van der Waals surface area contributed by atoms with Crippen molar-refractivity contribution in [2.45, 2.75) is 18.4 Å². The van der Waals surface area contributed by atoms with Gasteiger partial charge in [0, 0.05) is 17.1 Å². The highest BCUT2D eigenvalue weighted by atomic mass is 79.9. The van der Waals surface area contributed by atoms with E-state index in [2.05, 4.69) is 20.7 Å². The standard InChI is InChI=1S/C14H12BrF2NO2S/c1-9-2-4-10(5-3-9)8-18-21(19,20)14-12(15)6-11(16)7-13(14)17/h2-7,18H,8H2,1H3. The van der Waals surface area contributed by atoms with E-state index in [0.717, 1.165) is 17.2 Å². The van der Waals surface area contributed by atoms with E-state index in [4.69, 9.17) is 0 Å². The minimum absolute atomic E-state index is 0.0197. The van der Waals surface area contributed by atoms with E-state index in [9.17, 15) is 17.2 Å². The topological polar surface area (TPSA) is 46.2 Å². The minimum Gasteiger partial charge on any atom is -0.207 e. The number of sulfonamides is 1. The highest BCUT2D eigenvalue weighted by molar-refractivity contribution is 9.10. The van der Waals surface area contributed by atoms with Crippen molar-refractivity contribution in [1.29, 1.82) is 0 Å². The fourth-order valence-corrected chi connectivity index (χ4v) is 3.92. The van der Waals surface area contributed by atoms with Gasteiger partial charge in [0.15, 0.2) is 0 Å². The molecule has 112 valence electrons. The van der Waals surface area contributed by atoms with Gasteiger partial charge in [-0.2, -0.15) is 0 Å². The molecule has 7 heteroatoms. The van der Waals surface area contributed by atoms with E-state index in [0.29, 0.717) is 6.07 Å². The summed E-state index contributed by atoms with van der Waals surface area (Å²) in [7, 11) is -4.09. The van der Waals surface area contributed by atoms with Gasteiger partial charge in [-0.15, -0.1) is 0 Å². The summed E-state index contributed by atoms with van der Waals surface area (Å²) in [6, 6.07) is 8.67. The van der Waals surface area contributed by atoms with Crippen molar-refractivity contribution in [3.05, 3.63) is 63.6 Å². The lowest BCUT2D eigenvalue weighted by molar-refractivity contribution is 0.540. The Labute approximate surface area is 130 Å². The molecule has 3 nitrogen and oxygen atoms in total. The molecule has 2 aromatic carbocycles. The molecule has 0 saturated carbocycles. The second-order valence-corrected chi connectivity index (χ2v) is 7.07. The van der Waals surface area contributed by atoms with Crippen LogP contribution in [0.25, 0.3) is 0 Å². The third kappa shape index (κ3) is 3.87. The maximum atomic E-state index is 13.7. The Hall–Kier alpha value is -1.31. The zero-order valence-electron chi connectivity index (χ0n) is 11.0. The molecule has 2 rings (SSSR count). The Morgan fingerprint density at radius 1 is 1.14 bits per heavy atom. The molecule has 2 aromatic rings. The summed E-state index contributed by atoms with van der Waals surface area (Å²) in [5.74, 6) is -1.99. The number of hydrogen-bond acceptors (Lipinski definition) is 2. The zero-order valence-corrected chi connectivity index (χ0v) is 13.4. The van der Waals surface area contributed by atoms with Crippen LogP contribution in [0.3, 0.4) is 0 Å². The van der Waals surface area contributed by atoms with Crippen LogP contribution in [0.5, 0.6) is 0 Å². The fourth-order valence-electron chi connectivity index (χ4n) is 1.74. The summed E-state index contributed by atoms with van der Waals surface area (Å²) in [6.07, 6.45) is 0. The van der Waals surface area contributed by atoms with Crippen molar-refractivity contribution in [1.82, 2.24) is 4.72 Å². The molecule has 0 fully saturated rings. The first-order valence-corrected chi connectivity index (χ1v) is 8.27. The molecule has 0 bridgehead atoms. The van der Waals surface area contributed by atoms with Gasteiger partial charge in [-0.25, -0.2) is 21.9 Å². The summed E-state index contributed by atoms with van der Waals surface area (Å²) in [4.78, 5) is -0.601. The van der Waals surface area contributed by atoms with Crippen molar-refractivity contribution in [2.24, 2.45) is 0 Å². The van der Waals surface area contributed by atoms with Gasteiger partial charge >= 0.3 is 0 Å². The molecule has 0 saturated heterocycles. The second kappa shape index (κ2) is 6.21. The van der Waals surface area contributed by atoms with Gasteiger partial charge in [-0.3, -0.25) is 0 Å². The first-order chi connectivity index (χ1) is 9.79. The molecule has 21 heavy (non-hydrogen) atoms. The van der Waals surface area contributed by atoms with Crippen LogP contribution in [0, 0.1) is 18.6 Å². The largest absolute Gasteiger partial charge is 0.244 e. The zero-order chi connectivity index (χ0) is 15.6. The van der Waals surface area contributed by atoms with Crippen molar-refractivity contribution >= 4 is 26.0 Å². The van der Waals surface area contributed by atoms with E-state index in [1.54, 1.807) is 12.1 Å². The smallest absolute Gasteiger partial charge is 0.207 e. The molecule has 0 aromatic heterocycles. The maximum absolute atomic E-state index is 13.7. The second-order valence-electron chi connectivity index (χ2n) is 4.51. The average Bonchev–Trinajstić information content (AvgIpc) is 2.36. The molecule has 0 aliphatic rings. The molecular weight excluding hydrogens is 364 g/mol. The van der Waals surface area contributed by atoms with E-state index in [-0.39, 0.29) is 11.0 Å². The summed E-state index contributed by atoms with van der Waals surface area (Å²) in [5, 5.41) is 0. The Bertz CT molecular complexity index is 738. The lowest BCUT2D eigenvalue weighted by atomic mass is 10.2. The number of hydrogen-bond donors (Lipinski definition) is 1. The highest BCUT2D eigenvalue weighted by Gasteiger charge is 2.23. The van der Waals surface area contributed by atoms with Crippen molar-refractivity contribution < 1.29 is 17.2 Å². The SMILES string of the molecule is Cc1ccc(CNS(=O)(=O)c2c(F)cc(F)cc2Br)cc1. The first-order valence-electron chi connectivity index (χ1n) is 5.99. The maximum Gasteiger partial charge on any atom is 0.244 e. The van der Waals surface area contributed by atoms with Crippen LogP contribution in [0.1, 0.15) is 11.1 Å². The quantitative estimate of drug-likeness (QED) is 0.888. The van der Waals surface area contributed by atoms with Gasteiger partial charge in [0.1, 0.15) is 16.5 Å². The van der Waals surface area contributed by atoms with Crippen molar-refractivity contribution in [3.8, 4) is 0 Å². The van der Waals surface area contributed by atoms with Crippen LogP contribution in [0.15, 0.2) is 45.8 Å².